The summed E-state index contributed by atoms with van der Waals surface area (Å²) in [4.78, 5) is 0. The first kappa shape index (κ1) is 18.1. The minimum Gasteiger partial charge on any atom is -0.391 e. The van der Waals surface area contributed by atoms with Crippen molar-refractivity contribution in [2.45, 2.75) is 26.0 Å². The van der Waals surface area contributed by atoms with Crippen LogP contribution >= 0.6 is 12.4 Å². The summed E-state index contributed by atoms with van der Waals surface area (Å²) in [7, 11) is 0. The maximum Gasteiger partial charge on any atom is 0.200 e. The molecule has 19 heavy (non-hydrogen) atoms. The molecule has 0 saturated carbocycles. The standard InChI is InChI=1S/C11H12F5NO.ClH/c1-3(2)11(18)10(17)4-5(12)7(14)9(16)8(15)6(4)13;/h3,10-11,18H,17H2,1-2H3;1H/t10-,11+;/m1./s1. The number of benzene rings is 1. The van der Waals surface area contributed by atoms with Crippen LogP contribution in [0.1, 0.15) is 25.5 Å². The molecule has 0 aliphatic carbocycles. The molecule has 0 spiro atoms. The second-order valence-corrected chi connectivity index (χ2v) is 4.24. The quantitative estimate of drug-likeness (QED) is 0.512. The lowest BCUT2D eigenvalue weighted by atomic mass is 9.93. The first-order valence-electron chi connectivity index (χ1n) is 5.15. The number of nitrogens with two attached hydrogens (primary N) is 1. The van der Waals surface area contributed by atoms with Crippen LogP contribution in [0.3, 0.4) is 0 Å². The topological polar surface area (TPSA) is 46.2 Å². The molecule has 0 aliphatic heterocycles. The van der Waals surface area contributed by atoms with Gasteiger partial charge in [0.1, 0.15) is 0 Å². The predicted molar refractivity (Wildman–Crippen MR) is 61.3 cm³/mol. The first-order chi connectivity index (χ1) is 8.20. The van der Waals surface area contributed by atoms with Crippen molar-refractivity contribution in [2.75, 3.05) is 0 Å². The zero-order valence-corrected chi connectivity index (χ0v) is 10.9. The van der Waals surface area contributed by atoms with Crippen LogP contribution in [0.25, 0.3) is 0 Å². The Bertz CT molecular complexity index is 440. The summed E-state index contributed by atoms with van der Waals surface area (Å²) in [6.07, 6.45) is -1.43. The van der Waals surface area contributed by atoms with Gasteiger partial charge in [0, 0.05) is 5.56 Å². The maximum absolute atomic E-state index is 13.4. The minimum atomic E-state index is -2.25. The maximum atomic E-state index is 13.4. The summed E-state index contributed by atoms with van der Waals surface area (Å²) < 4.78 is 65.4. The molecule has 0 aliphatic rings. The summed E-state index contributed by atoms with van der Waals surface area (Å²) in [6, 6.07) is -1.70. The largest absolute Gasteiger partial charge is 0.391 e. The van der Waals surface area contributed by atoms with Crippen LogP contribution in [-0.2, 0) is 0 Å². The summed E-state index contributed by atoms with van der Waals surface area (Å²) in [5.41, 5.74) is 4.14. The Balaban J connectivity index is 0.00000324. The van der Waals surface area contributed by atoms with Crippen LogP contribution in [0.5, 0.6) is 0 Å². The SMILES string of the molecule is CC(C)[C@H](O)[C@H](N)c1c(F)c(F)c(F)c(F)c1F.Cl. The van der Waals surface area contributed by atoms with Crippen molar-refractivity contribution < 1.29 is 27.1 Å². The van der Waals surface area contributed by atoms with Crippen LogP contribution in [-0.4, -0.2) is 11.2 Å². The van der Waals surface area contributed by atoms with Crippen LogP contribution < -0.4 is 5.73 Å². The number of rotatable bonds is 3. The van der Waals surface area contributed by atoms with Crippen molar-refractivity contribution in [2.24, 2.45) is 11.7 Å². The summed E-state index contributed by atoms with van der Waals surface area (Å²) in [5, 5.41) is 9.55. The molecule has 1 aromatic carbocycles. The average Bonchev–Trinajstić information content (AvgIpc) is 2.32. The molecule has 0 radical (unpaired) electrons. The molecule has 3 N–H and O–H groups in total. The van der Waals surface area contributed by atoms with Gasteiger partial charge in [0.15, 0.2) is 23.3 Å². The Kier molecular flexibility index (Phi) is 6.18. The van der Waals surface area contributed by atoms with Gasteiger partial charge in [-0.3, -0.25) is 0 Å². The third kappa shape index (κ3) is 3.16. The van der Waals surface area contributed by atoms with Gasteiger partial charge in [0.05, 0.1) is 12.1 Å². The number of halogens is 6. The van der Waals surface area contributed by atoms with Gasteiger partial charge in [0.2, 0.25) is 5.82 Å². The van der Waals surface area contributed by atoms with Crippen molar-refractivity contribution in [3.63, 3.8) is 0 Å². The smallest absolute Gasteiger partial charge is 0.200 e. The Hall–Kier alpha value is -0.920. The van der Waals surface area contributed by atoms with E-state index < -0.39 is 52.7 Å². The fourth-order valence-electron chi connectivity index (χ4n) is 1.50. The highest BCUT2D eigenvalue weighted by Crippen LogP contribution is 2.29. The fraction of sp³-hybridized carbons (Fsp3) is 0.455. The third-order valence-corrected chi connectivity index (χ3v) is 2.63. The molecule has 0 bridgehead atoms. The molecule has 0 aromatic heterocycles. The zero-order chi connectivity index (χ0) is 14.2. The molecule has 8 heteroatoms. The molecule has 0 heterocycles. The molecule has 2 atom stereocenters. The van der Waals surface area contributed by atoms with Gasteiger partial charge in [-0.1, -0.05) is 13.8 Å². The van der Waals surface area contributed by atoms with E-state index in [2.05, 4.69) is 0 Å². The van der Waals surface area contributed by atoms with E-state index >= 15 is 0 Å². The van der Waals surface area contributed by atoms with Crippen LogP contribution in [0.15, 0.2) is 0 Å². The van der Waals surface area contributed by atoms with Gasteiger partial charge >= 0.3 is 0 Å². The summed E-state index contributed by atoms with van der Waals surface area (Å²) in [6.45, 7) is 2.99. The molecule has 0 unspecified atom stereocenters. The minimum absolute atomic E-state index is 0. The summed E-state index contributed by atoms with van der Waals surface area (Å²) >= 11 is 0. The van der Waals surface area contributed by atoms with E-state index in [0.717, 1.165) is 0 Å². The van der Waals surface area contributed by atoms with Crippen LogP contribution in [0.4, 0.5) is 22.0 Å². The van der Waals surface area contributed by atoms with E-state index in [4.69, 9.17) is 5.73 Å². The Morgan fingerprint density at radius 1 is 0.842 bits per heavy atom. The molecule has 1 aromatic rings. The fourth-order valence-corrected chi connectivity index (χ4v) is 1.50. The Morgan fingerprint density at radius 3 is 1.47 bits per heavy atom. The molecule has 110 valence electrons. The lowest BCUT2D eigenvalue weighted by Crippen LogP contribution is -2.32. The molecule has 2 nitrogen and oxygen atoms in total. The van der Waals surface area contributed by atoms with E-state index in [1.54, 1.807) is 0 Å². The van der Waals surface area contributed by atoms with E-state index in [1.165, 1.54) is 13.8 Å². The van der Waals surface area contributed by atoms with Gasteiger partial charge in [-0.2, -0.15) is 0 Å². The number of aliphatic hydroxyl groups is 1. The molecule has 1 rings (SSSR count). The molecule has 0 saturated heterocycles. The molecule has 0 amide bonds. The highest BCUT2D eigenvalue weighted by molar-refractivity contribution is 5.85. The zero-order valence-electron chi connectivity index (χ0n) is 10.1. The van der Waals surface area contributed by atoms with E-state index in [1.807, 2.05) is 0 Å². The molecular formula is C11H13ClF5NO. The van der Waals surface area contributed by atoms with E-state index in [-0.39, 0.29) is 12.4 Å². The van der Waals surface area contributed by atoms with Gasteiger partial charge in [-0.05, 0) is 5.92 Å². The number of hydrogen-bond acceptors (Lipinski definition) is 2. The normalized spacial score (nSPS) is 14.2. The van der Waals surface area contributed by atoms with E-state index in [9.17, 15) is 27.1 Å². The summed E-state index contributed by atoms with van der Waals surface area (Å²) in [5.74, 6) is -10.9. The second-order valence-electron chi connectivity index (χ2n) is 4.24. The lowest BCUT2D eigenvalue weighted by molar-refractivity contribution is 0.0942. The Labute approximate surface area is 112 Å². The van der Waals surface area contributed by atoms with Crippen LogP contribution in [0, 0.1) is 35.0 Å². The molecule has 0 fully saturated rings. The third-order valence-electron chi connectivity index (χ3n) is 2.63. The molecular weight excluding hydrogens is 293 g/mol. The van der Waals surface area contributed by atoms with Gasteiger partial charge in [-0.25, -0.2) is 22.0 Å². The highest BCUT2D eigenvalue weighted by Gasteiger charge is 2.32. The van der Waals surface area contributed by atoms with Crippen molar-refractivity contribution >= 4 is 12.4 Å². The van der Waals surface area contributed by atoms with Crippen molar-refractivity contribution in [3.05, 3.63) is 34.6 Å². The number of aliphatic hydroxyl groups excluding tert-OH is 1. The first-order valence-corrected chi connectivity index (χ1v) is 5.15. The van der Waals surface area contributed by atoms with Crippen LogP contribution in [0.2, 0.25) is 0 Å². The number of hydrogen-bond donors (Lipinski definition) is 2. The second kappa shape index (κ2) is 6.49. The van der Waals surface area contributed by atoms with Crippen molar-refractivity contribution in [1.29, 1.82) is 0 Å². The van der Waals surface area contributed by atoms with Gasteiger partial charge in [-0.15, -0.1) is 12.4 Å². The van der Waals surface area contributed by atoms with Gasteiger partial charge < -0.3 is 10.8 Å². The highest BCUT2D eigenvalue weighted by atomic mass is 35.5. The predicted octanol–water partition coefficient (Wildman–Crippen LogP) is 2.82. The lowest BCUT2D eigenvalue weighted by Gasteiger charge is -2.23. The Morgan fingerprint density at radius 2 is 1.16 bits per heavy atom. The monoisotopic (exact) mass is 305 g/mol. The van der Waals surface area contributed by atoms with E-state index in [0.29, 0.717) is 0 Å². The van der Waals surface area contributed by atoms with Crippen molar-refractivity contribution in [3.8, 4) is 0 Å². The van der Waals surface area contributed by atoms with Gasteiger partial charge in [0.25, 0.3) is 0 Å². The van der Waals surface area contributed by atoms with Crippen molar-refractivity contribution in [1.82, 2.24) is 0 Å². The average molecular weight is 306 g/mol.